The van der Waals surface area contributed by atoms with Crippen LogP contribution in [0, 0.1) is 11.3 Å². The first-order chi connectivity index (χ1) is 7.27. The van der Waals surface area contributed by atoms with Gasteiger partial charge in [0.25, 0.3) is 0 Å². The van der Waals surface area contributed by atoms with Crippen LogP contribution in [0.4, 0.5) is 5.82 Å². The Labute approximate surface area is 89.8 Å². The predicted octanol–water partition coefficient (Wildman–Crippen LogP) is 0.394. The summed E-state index contributed by atoms with van der Waals surface area (Å²) in [6.07, 6.45) is 4.16. The summed E-state index contributed by atoms with van der Waals surface area (Å²) in [7, 11) is 3.90. The lowest BCUT2D eigenvalue weighted by molar-refractivity contribution is 0.708. The molecule has 1 N–H and O–H groups in total. The molecule has 0 amide bonds. The van der Waals surface area contributed by atoms with Crippen LogP contribution >= 0.6 is 0 Å². The molecule has 0 unspecified atom stereocenters. The summed E-state index contributed by atoms with van der Waals surface area (Å²) in [6, 6.07) is 1.94. The summed E-state index contributed by atoms with van der Waals surface area (Å²) < 4.78 is 0. The van der Waals surface area contributed by atoms with Crippen LogP contribution in [0.15, 0.2) is 12.4 Å². The molecule has 5 nitrogen and oxygen atoms in total. The van der Waals surface area contributed by atoms with Crippen LogP contribution in [0.5, 0.6) is 0 Å². The molecule has 15 heavy (non-hydrogen) atoms. The molecule has 0 aliphatic heterocycles. The molecule has 0 spiro atoms. The molecule has 0 atom stereocenters. The van der Waals surface area contributed by atoms with Crippen molar-refractivity contribution in [2.24, 2.45) is 0 Å². The van der Waals surface area contributed by atoms with Crippen molar-refractivity contribution in [1.82, 2.24) is 15.3 Å². The second-order valence-corrected chi connectivity index (χ2v) is 3.25. The lowest BCUT2D eigenvalue weighted by Gasteiger charge is -2.17. The Morgan fingerprint density at radius 3 is 2.80 bits per heavy atom. The first kappa shape index (κ1) is 11.4. The SMILES string of the molecule is CNCCCN(C)c1cnc(C#N)cn1. The van der Waals surface area contributed by atoms with Gasteiger partial charge >= 0.3 is 0 Å². The number of nitrogens with one attached hydrogen (secondary N) is 1. The Morgan fingerprint density at radius 2 is 2.27 bits per heavy atom. The zero-order valence-electron chi connectivity index (χ0n) is 9.06. The van der Waals surface area contributed by atoms with Crippen LogP contribution < -0.4 is 10.2 Å². The molecule has 80 valence electrons. The van der Waals surface area contributed by atoms with Crippen molar-refractivity contribution < 1.29 is 0 Å². The number of hydrogen-bond donors (Lipinski definition) is 1. The summed E-state index contributed by atoms with van der Waals surface area (Å²) in [6.45, 7) is 1.90. The highest BCUT2D eigenvalue weighted by atomic mass is 15.2. The van der Waals surface area contributed by atoms with Gasteiger partial charge in [0.05, 0.1) is 12.4 Å². The molecule has 1 aromatic heterocycles. The lowest BCUT2D eigenvalue weighted by atomic mass is 10.4. The van der Waals surface area contributed by atoms with Gasteiger partial charge in [-0.25, -0.2) is 9.97 Å². The Morgan fingerprint density at radius 1 is 1.47 bits per heavy atom. The highest BCUT2D eigenvalue weighted by Crippen LogP contribution is 2.06. The third kappa shape index (κ3) is 3.52. The van der Waals surface area contributed by atoms with Crippen LogP contribution in [0.2, 0.25) is 0 Å². The smallest absolute Gasteiger partial charge is 0.158 e. The van der Waals surface area contributed by atoms with Gasteiger partial charge in [0, 0.05) is 13.6 Å². The zero-order valence-corrected chi connectivity index (χ0v) is 9.06. The number of anilines is 1. The number of nitriles is 1. The van der Waals surface area contributed by atoms with E-state index in [0.29, 0.717) is 5.69 Å². The Kier molecular flexibility index (Phi) is 4.51. The second-order valence-electron chi connectivity index (χ2n) is 3.25. The van der Waals surface area contributed by atoms with Gasteiger partial charge in [-0.1, -0.05) is 0 Å². The maximum absolute atomic E-state index is 8.57. The lowest BCUT2D eigenvalue weighted by Crippen LogP contribution is -2.23. The minimum absolute atomic E-state index is 0.349. The first-order valence-electron chi connectivity index (χ1n) is 4.86. The van der Waals surface area contributed by atoms with E-state index in [9.17, 15) is 0 Å². The highest BCUT2D eigenvalue weighted by molar-refractivity contribution is 5.35. The van der Waals surface area contributed by atoms with Gasteiger partial charge in [-0.3, -0.25) is 0 Å². The molecule has 0 fully saturated rings. The maximum atomic E-state index is 8.57. The maximum Gasteiger partial charge on any atom is 0.158 e. The van der Waals surface area contributed by atoms with Crippen LogP contribution in [-0.2, 0) is 0 Å². The van der Waals surface area contributed by atoms with Gasteiger partial charge in [-0.05, 0) is 20.0 Å². The summed E-state index contributed by atoms with van der Waals surface area (Å²) in [5, 5.41) is 11.7. The quantitative estimate of drug-likeness (QED) is 0.705. The van der Waals surface area contributed by atoms with Crippen molar-refractivity contribution in [2.75, 3.05) is 32.1 Å². The van der Waals surface area contributed by atoms with E-state index in [1.165, 1.54) is 6.20 Å². The molecule has 0 bridgehead atoms. The summed E-state index contributed by atoms with van der Waals surface area (Å²) in [5.74, 6) is 0.796. The van der Waals surface area contributed by atoms with Crippen molar-refractivity contribution in [3.8, 4) is 6.07 Å². The van der Waals surface area contributed by atoms with E-state index in [1.807, 2.05) is 25.1 Å². The fraction of sp³-hybridized carbons (Fsp3) is 0.500. The summed E-state index contributed by atoms with van der Waals surface area (Å²) in [4.78, 5) is 10.1. The van der Waals surface area contributed by atoms with E-state index in [0.717, 1.165) is 25.3 Å². The third-order valence-corrected chi connectivity index (χ3v) is 2.06. The van der Waals surface area contributed by atoms with Crippen molar-refractivity contribution >= 4 is 5.82 Å². The molecular formula is C10H15N5. The number of aromatic nitrogens is 2. The van der Waals surface area contributed by atoms with Gasteiger partial charge < -0.3 is 10.2 Å². The Bertz CT molecular complexity index is 327. The average Bonchev–Trinajstić information content (AvgIpc) is 2.29. The number of rotatable bonds is 5. The summed E-state index contributed by atoms with van der Waals surface area (Å²) in [5.41, 5.74) is 0.349. The molecule has 0 aliphatic rings. The Hall–Kier alpha value is -1.67. The normalized spacial score (nSPS) is 9.67. The van der Waals surface area contributed by atoms with Crippen molar-refractivity contribution in [2.45, 2.75) is 6.42 Å². The molecule has 1 heterocycles. The van der Waals surface area contributed by atoms with E-state index >= 15 is 0 Å². The predicted molar refractivity (Wildman–Crippen MR) is 58.6 cm³/mol. The molecule has 0 aromatic carbocycles. The monoisotopic (exact) mass is 205 g/mol. The van der Waals surface area contributed by atoms with Gasteiger partial charge in [-0.15, -0.1) is 0 Å². The number of hydrogen-bond acceptors (Lipinski definition) is 5. The third-order valence-electron chi connectivity index (χ3n) is 2.06. The molecule has 5 heteroatoms. The largest absolute Gasteiger partial charge is 0.358 e. The van der Waals surface area contributed by atoms with Gasteiger partial charge in [0.2, 0.25) is 0 Å². The first-order valence-corrected chi connectivity index (χ1v) is 4.86. The van der Waals surface area contributed by atoms with Crippen LogP contribution in [0.1, 0.15) is 12.1 Å². The zero-order chi connectivity index (χ0) is 11.1. The molecule has 0 radical (unpaired) electrons. The van der Waals surface area contributed by atoms with Crippen LogP contribution in [0.25, 0.3) is 0 Å². The molecule has 0 saturated heterocycles. The molecule has 1 rings (SSSR count). The van der Waals surface area contributed by atoms with E-state index in [-0.39, 0.29) is 0 Å². The molecule has 1 aromatic rings. The van der Waals surface area contributed by atoms with Crippen molar-refractivity contribution in [3.05, 3.63) is 18.1 Å². The fourth-order valence-electron chi connectivity index (χ4n) is 1.18. The fourth-order valence-corrected chi connectivity index (χ4v) is 1.18. The van der Waals surface area contributed by atoms with E-state index < -0.39 is 0 Å². The molecule has 0 aliphatic carbocycles. The van der Waals surface area contributed by atoms with E-state index in [1.54, 1.807) is 6.20 Å². The molecule has 0 saturated carbocycles. The average molecular weight is 205 g/mol. The van der Waals surface area contributed by atoms with E-state index in [2.05, 4.69) is 15.3 Å². The van der Waals surface area contributed by atoms with Crippen LogP contribution in [-0.4, -0.2) is 37.2 Å². The van der Waals surface area contributed by atoms with Gasteiger partial charge in [0.15, 0.2) is 5.69 Å². The molecular weight excluding hydrogens is 190 g/mol. The highest BCUT2D eigenvalue weighted by Gasteiger charge is 2.02. The van der Waals surface area contributed by atoms with Crippen molar-refractivity contribution in [1.29, 1.82) is 5.26 Å². The van der Waals surface area contributed by atoms with Crippen LogP contribution in [0.3, 0.4) is 0 Å². The topological polar surface area (TPSA) is 64.8 Å². The summed E-state index contributed by atoms with van der Waals surface area (Å²) >= 11 is 0. The van der Waals surface area contributed by atoms with Gasteiger partial charge in [0.1, 0.15) is 11.9 Å². The second kappa shape index (κ2) is 5.94. The minimum Gasteiger partial charge on any atom is -0.358 e. The van der Waals surface area contributed by atoms with Crippen molar-refractivity contribution in [3.63, 3.8) is 0 Å². The van der Waals surface area contributed by atoms with Gasteiger partial charge in [-0.2, -0.15) is 5.26 Å². The minimum atomic E-state index is 0.349. The van der Waals surface area contributed by atoms with E-state index in [4.69, 9.17) is 5.26 Å². The Balaban J connectivity index is 2.51. The standard InChI is InChI=1S/C10H15N5/c1-12-4-3-5-15(2)10-8-13-9(6-11)7-14-10/h7-8,12H,3-5H2,1-2H3. The number of nitrogens with zero attached hydrogens (tertiary/aromatic N) is 4.